The lowest BCUT2D eigenvalue weighted by Crippen LogP contribution is -2.49. The van der Waals surface area contributed by atoms with Crippen LogP contribution in [0.15, 0.2) is 18.3 Å². The summed E-state index contributed by atoms with van der Waals surface area (Å²) in [6, 6.07) is 3.51. The van der Waals surface area contributed by atoms with E-state index in [2.05, 4.69) is 31.7 Å². The third-order valence-electron chi connectivity index (χ3n) is 4.31. The first kappa shape index (κ1) is 19.2. The zero-order valence-corrected chi connectivity index (χ0v) is 16.0. The molecule has 0 spiro atoms. The minimum atomic E-state index is -0.295. The highest BCUT2D eigenvalue weighted by Gasteiger charge is 2.25. The van der Waals surface area contributed by atoms with Crippen molar-refractivity contribution in [2.75, 3.05) is 49.2 Å². The quantitative estimate of drug-likeness (QED) is 0.739. The molecule has 28 heavy (non-hydrogen) atoms. The zero-order valence-electron chi connectivity index (χ0n) is 16.0. The van der Waals surface area contributed by atoms with Crippen LogP contribution in [-0.2, 0) is 4.74 Å². The van der Waals surface area contributed by atoms with Gasteiger partial charge < -0.3 is 26.0 Å². The number of aryl methyl sites for hydroxylation is 1. The Kier molecular flexibility index (Phi) is 5.79. The Morgan fingerprint density at radius 3 is 2.57 bits per heavy atom. The second-order valence-corrected chi connectivity index (χ2v) is 6.26. The number of nitrogens with zero attached hydrogens (tertiary/aromatic N) is 5. The molecule has 2 aromatic heterocycles. The van der Waals surface area contributed by atoms with Crippen LogP contribution in [-0.4, -0.2) is 58.7 Å². The molecule has 0 atom stereocenters. The molecule has 3 heterocycles. The van der Waals surface area contributed by atoms with Crippen LogP contribution in [0.2, 0.25) is 0 Å². The van der Waals surface area contributed by atoms with Crippen LogP contribution >= 0.6 is 0 Å². The monoisotopic (exact) mass is 381 g/mol. The topological polar surface area (TPSA) is 123 Å². The number of aromatic nitrogens is 3. The number of pyridine rings is 1. The zero-order chi connectivity index (χ0) is 20.1. The van der Waals surface area contributed by atoms with E-state index in [4.69, 9.17) is 16.2 Å². The summed E-state index contributed by atoms with van der Waals surface area (Å²) >= 11 is 0. The molecule has 1 aliphatic rings. The van der Waals surface area contributed by atoms with Crippen LogP contribution < -0.4 is 16.4 Å². The fourth-order valence-electron chi connectivity index (χ4n) is 2.88. The van der Waals surface area contributed by atoms with E-state index in [1.807, 2.05) is 6.92 Å². The molecule has 9 nitrogen and oxygen atoms in total. The third kappa shape index (κ3) is 4.40. The van der Waals surface area contributed by atoms with Crippen LogP contribution in [0.5, 0.6) is 0 Å². The predicted molar refractivity (Wildman–Crippen MR) is 107 cm³/mol. The Labute approximate surface area is 163 Å². The largest absolute Gasteiger partial charge is 0.450 e. The highest BCUT2D eigenvalue weighted by molar-refractivity contribution is 5.68. The highest BCUT2D eigenvalue weighted by Crippen LogP contribution is 2.22. The molecular weight excluding hydrogens is 358 g/mol. The second kappa shape index (κ2) is 8.43. The average molecular weight is 381 g/mol. The van der Waals surface area contributed by atoms with E-state index in [0.717, 1.165) is 5.56 Å². The number of ether oxygens (including phenoxy) is 1. The van der Waals surface area contributed by atoms with Gasteiger partial charge in [-0.1, -0.05) is 11.8 Å². The van der Waals surface area contributed by atoms with Crippen LogP contribution in [0.3, 0.4) is 0 Å². The lowest BCUT2D eigenvalue weighted by molar-refractivity contribution is 0.105. The Hall–Kier alpha value is -3.54. The van der Waals surface area contributed by atoms with E-state index in [1.54, 1.807) is 30.2 Å². The highest BCUT2D eigenvalue weighted by atomic mass is 16.6. The van der Waals surface area contributed by atoms with E-state index < -0.39 is 0 Å². The van der Waals surface area contributed by atoms with Crippen molar-refractivity contribution in [2.45, 2.75) is 13.8 Å². The molecule has 2 aromatic rings. The van der Waals surface area contributed by atoms with Crippen molar-refractivity contribution in [1.82, 2.24) is 19.9 Å². The molecule has 0 bridgehead atoms. The van der Waals surface area contributed by atoms with Gasteiger partial charge in [-0.15, -0.1) is 0 Å². The molecule has 1 saturated heterocycles. The predicted octanol–water partition coefficient (Wildman–Crippen LogP) is 1.02. The number of anilines is 3. The third-order valence-corrected chi connectivity index (χ3v) is 4.31. The number of nitrogen functional groups attached to an aromatic ring is 2. The average Bonchev–Trinajstić information content (AvgIpc) is 2.68. The molecule has 0 aromatic carbocycles. The number of carbonyl (C=O) groups is 1. The Morgan fingerprint density at radius 2 is 1.93 bits per heavy atom. The van der Waals surface area contributed by atoms with E-state index in [-0.39, 0.29) is 12.0 Å². The fraction of sp³-hybridized carbons (Fsp3) is 0.368. The molecule has 1 aliphatic heterocycles. The number of piperazine rings is 1. The first-order valence-electron chi connectivity index (χ1n) is 9.02. The van der Waals surface area contributed by atoms with Crippen LogP contribution in [0.1, 0.15) is 23.7 Å². The molecule has 1 fully saturated rings. The summed E-state index contributed by atoms with van der Waals surface area (Å²) in [6.45, 7) is 6.29. The van der Waals surface area contributed by atoms with Crippen molar-refractivity contribution in [2.24, 2.45) is 0 Å². The summed E-state index contributed by atoms with van der Waals surface area (Å²) in [4.78, 5) is 28.3. The van der Waals surface area contributed by atoms with Crippen molar-refractivity contribution in [3.05, 3.63) is 35.2 Å². The van der Waals surface area contributed by atoms with Gasteiger partial charge in [0.05, 0.1) is 17.9 Å². The van der Waals surface area contributed by atoms with Crippen molar-refractivity contribution in [3.8, 4) is 11.8 Å². The van der Waals surface area contributed by atoms with Gasteiger partial charge in [0.25, 0.3) is 0 Å². The lowest BCUT2D eigenvalue weighted by atomic mass is 10.1. The van der Waals surface area contributed by atoms with Crippen molar-refractivity contribution >= 4 is 23.7 Å². The molecule has 0 aliphatic carbocycles. The minimum Gasteiger partial charge on any atom is -0.450 e. The van der Waals surface area contributed by atoms with Crippen LogP contribution in [0.25, 0.3) is 0 Å². The number of hydrogen-bond acceptors (Lipinski definition) is 8. The lowest BCUT2D eigenvalue weighted by Gasteiger charge is -2.35. The van der Waals surface area contributed by atoms with Crippen LogP contribution in [0, 0.1) is 18.8 Å². The van der Waals surface area contributed by atoms with E-state index >= 15 is 0 Å². The van der Waals surface area contributed by atoms with Gasteiger partial charge >= 0.3 is 6.09 Å². The maximum absolute atomic E-state index is 11.9. The maximum Gasteiger partial charge on any atom is 0.409 e. The molecule has 0 radical (unpaired) electrons. The Bertz CT molecular complexity index is 910. The van der Waals surface area contributed by atoms with Gasteiger partial charge in [0, 0.05) is 37.9 Å². The van der Waals surface area contributed by atoms with Gasteiger partial charge in [0.15, 0.2) is 0 Å². The number of hydrogen-bond donors (Lipinski definition) is 2. The summed E-state index contributed by atoms with van der Waals surface area (Å²) in [5.74, 6) is 7.52. The molecule has 1 amide bonds. The molecule has 9 heteroatoms. The molecule has 4 N–H and O–H groups in total. The minimum absolute atomic E-state index is 0.194. The van der Waals surface area contributed by atoms with Gasteiger partial charge in [0.2, 0.25) is 5.95 Å². The van der Waals surface area contributed by atoms with Gasteiger partial charge in [-0.2, -0.15) is 4.98 Å². The van der Waals surface area contributed by atoms with Gasteiger partial charge in [-0.3, -0.25) is 0 Å². The number of amides is 1. The standard InChI is InChI=1S/C19H23N7O2/c1-3-28-19(27)26-10-8-25(9-11-26)17-15(13(2)23-18(21)24-17)6-4-14-5-7-16(20)22-12-14/h5,7,12H,3,8-11H2,1-2H3,(H2,20,22)(H2,21,23,24). The fourth-order valence-corrected chi connectivity index (χ4v) is 2.88. The Morgan fingerprint density at radius 1 is 1.18 bits per heavy atom. The van der Waals surface area contributed by atoms with E-state index in [1.165, 1.54) is 0 Å². The maximum atomic E-state index is 11.9. The summed E-state index contributed by atoms with van der Waals surface area (Å²) in [7, 11) is 0. The normalized spacial score (nSPS) is 13.6. The summed E-state index contributed by atoms with van der Waals surface area (Å²) in [5, 5.41) is 0. The smallest absolute Gasteiger partial charge is 0.409 e. The van der Waals surface area contributed by atoms with Crippen molar-refractivity contribution in [1.29, 1.82) is 0 Å². The van der Waals surface area contributed by atoms with E-state index in [0.29, 0.717) is 55.7 Å². The second-order valence-electron chi connectivity index (χ2n) is 6.26. The first-order valence-corrected chi connectivity index (χ1v) is 9.02. The molecule has 0 saturated carbocycles. The summed E-state index contributed by atoms with van der Waals surface area (Å²) in [6.07, 6.45) is 1.32. The van der Waals surface area contributed by atoms with Crippen molar-refractivity contribution < 1.29 is 9.53 Å². The van der Waals surface area contributed by atoms with Gasteiger partial charge in [-0.25, -0.2) is 14.8 Å². The molecular formula is C19H23N7O2. The van der Waals surface area contributed by atoms with Crippen molar-refractivity contribution in [3.63, 3.8) is 0 Å². The summed E-state index contributed by atoms with van der Waals surface area (Å²) < 4.78 is 5.07. The molecule has 3 rings (SSSR count). The van der Waals surface area contributed by atoms with Gasteiger partial charge in [0.1, 0.15) is 11.6 Å². The van der Waals surface area contributed by atoms with Gasteiger partial charge in [-0.05, 0) is 26.0 Å². The van der Waals surface area contributed by atoms with E-state index in [9.17, 15) is 4.79 Å². The molecule has 0 unspecified atom stereocenters. The number of carbonyl (C=O) groups excluding carboxylic acids is 1. The number of rotatable bonds is 2. The Balaban J connectivity index is 1.84. The van der Waals surface area contributed by atoms with Crippen LogP contribution in [0.4, 0.5) is 22.4 Å². The summed E-state index contributed by atoms with van der Waals surface area (Å²) in [5.41, 5.74) is 13.6. The first-order chi connectivity index (χ1) is 13.5. The SMILES string of the molecule is CCOC(=O)N1CCN(c2nc(N)nc(C)c2C#Cc2ccc(N)nc2)CC1. The molecule has 146 valence electrons. The number of nitrogens with two attached hydrogens (primary N) is 2.